The summed E-state index contributed by atoms with van der Waals surface area (Å²) in [4.78, 5) is 12.4. The third-order valence-corrected chi connectivity index (χ3v) is 3.41. The molecule has 0 saturated carbocycles. The van der Waals surface area contributed by atoms with E-state index in [1.807, 2.05) is 38.1 Å². The molecule has 2 unspecified atom stereocenters. The summed E-state index contributed by atoms with van der Waals surface area (Å²) in [6.45, 7) is 4.09. The minimum Gasteiger partial charge on any atom is -0.492 e. The van der Waals surface area contributed by atoms with Crippen molar-refractivity contribution in [1.82, 2.24) is 5.32 Å². The lowest BCUT2D eigenvalue weighted by molar-refractivity contribution is -0.123. The van der Waals surface area contributed by atoms with E-state index in [-0.39, 0.29) is 23.6 Å². The highest BCUT2D eigenvalue weighted by molar-refractivity contribution is 5.93. The van der Waals surface area contributed by atoms with Crippen LogP contribution in [0.15, 0.2) is 29.4 Å². The minimum atomic E-state index is -0.500. The number of carbonyl (C=O) groups is 1. The molecular formula is C14H19N3O3. The molecule has 6 nitrogen and oxygen atoms in total. The Labute approximate surface area is 117 Å². The highest BCUT2D eigenvalue weighted by Crippen LogP contribution is 2.33. The van der Waals surface area contributed by atoms with Crippen molar-refractivity contribution in [2.75, 3.05) is 6.61 Å². The first-order chi connectivity index (χ1) is 9.54. The van der Waals surface area contributed by atoms with Crippen molar-refractivity contribution in [2.24, 2.45) is 16.8 Å². The highest BCUT2D eigenvalue weighted by Gasteiger charge is 2.32. The van der Waals surface area contributed by atoms with Crippen LogP contribution < -0.4 is 15.8 Å². The van der Waals surface area contributed by atoms with Crippen LogP contribution in [0.2, 0.25) is 0 Å². The number of benzene rings is 1. The molecule has 108 valence electrons. The second-order valence-electron chi connectivity index (χ2n) is 5.16. The Balaban J connectivity index is 2.13. The van der Waals surface area contributed by atoms with E-state index in [2.05, 4.69) is 10.5 Å². The number of nitrogens with zero attached hydrogens (tertiary/aromatic N) is 1. The molecule has 0 spiro atoms. The highest BCUT2D eigenvalue weighted by atomic mass is 16.5. The van der Waals surface area contributed by atoms with Gasteiger partial charge in [-0.2, -0.15) is 0 Å². The smallest absolute Gasteiger partial charge is 0.231 e. The van der Waals surface area contributed by atoms with Crippen LogP contribution in [0.25, 0.3) is 0 Å². The predicted molar refractivity (Wildman–Crippen MR) is 74.9 cm³/mol. The fraction of sp³-hybridized carbons (Fsp3) is 0.429. The Morgan fingerprint density at radius 2 is 2.20 bits per heavy atom. The number of amidine groups is 1. The van der Waals surface area contributed by atoms with Crippen molar-refractivity contribution in [3.05, 3.63) is 29.8 Å². The number of fused-ring (bicyclic) bond motifs is 1. The summed E-state index contributed by atoms with van der Waals surface area (Å²) < 4.78 is 5.49. The van der Waals surface area contributed by atoms with Gasteiger partial charge in [0.15, 0.2) is 5.84 Å². The van der Waals surface area contributed by atoms with E-state index in [1.165, 1.54) is 0 Å². The van der Waals surface area contributed by atoms with Gasteiger partial charge in [0.05, 0.1) is 6.04 Å². The number of nitrogens with one attached hydrogen (secondary N) is 1. The van der Waals surface area contributed by atoms with Gasteiger partial charge in [0, 0.05) is 5.56 Å². The van der Waals surface area contributed by atoms with Crippen LogP contribution in [0.4, 0.5) is 0 Å². The van der Waals surface area contributed by atoms with Gasteiger partial charge in [0.25, 0.3) is 0 Å². The fourth-order valence-corrected chi connectivity index (χ4v) is 2.28. The molecule has 20 heavy (non-hydrogen) atoms. The number of carbonyl (C=O) groups excluding carboxylic acids is 1. The van der Waals surface area contributed by atoms with Crippen LogP contribution in [-0.4, -0.2) is 29.6 Å². The van der Waals surface area contributed by atoms with Gasteiger partial charge in [-0.15, -0.1) is 0 Å². The summed E-state index contributed by atoms with van der Waals surface area (Å²) in [5.74, 6) is 0.213. The van der Waals surface area contributed by atoms with Crippen LogP contribution >= 0.6 is 0 Å². The number of ether oxygens (including phenoxy) is 1. The van der Waals surface area contributed by atoms with E-state index in [9.17, 15) is 4.79 Å². The normalized spacial score (nSPS) is 19.4. The molecule has 1 aromatic rings. The first kappa shape index (κ1) is 14.2. The number of hydrogen-bond acceptors (Lipinski definition) is 4. The quantitative estimate of drug-likeness (QED) is 0.332. The van der Waals surface area contributed by atoms with Gasteiger partial charge in [-0.3, -0.25) is 4.79 Å². The number of amides is 1. The lowest BCUT2D eigenvalue weighted by Gasteiger charge is -2.22. The number of para-hydroxylation sites is 1. The van der Waals surface area contributed by atoms with Crippen molar-refractivity contribution >= 4 is 11.7 Å². The van der Waals surface area contributed by atoms with E-state index in [1.54, 1.807) is 0 Å². The number of rotatable bonds is 4. The molecule has 1 aromatic carbocycles. The molecular weight excluding hydrogens is 258 g/mol. The maximum absolute atomic E-state index is 12.4. The number of nitrogens with two attached hydrogens (primary N) is 1. The second-order valence-corrected chi connectivity index (χ2v) is 5.16. The van der Waals surface area contributed by atoms with Gasteiger partial charge >= 0.3 is 0 Å². The van der Waals surface area contributed by atoms with Gasteiger partial charge in [-0.25, -0.2) is 0 Å². The molecule has 1 aliphatic heterocycles. The topological polar surface area (TPSA) is 96.9 Å². The summed E-state index contributed by atoms with van der Waals surface area (Å²) in [5.41, 5.74) is 6.48. The third kappa shape index (κ3) is 2.68. The maximum Gasteiger partial charge on any atom is 0.231 e. The monoisotopic (exact) mass is 277 g/mol. The Kier molecular flexibility index (Phi) is 4.12. The summed E-state index contributed by atoms with van der Waals surface area (Å²) in [5, 5.41) is 14.6. The van der Waals surface area contributed by atoms with Crippen molar-refractivity contribution < 1.29 is 14.7 Å². The van der Waals surface area contributed by atoms with Gasteiger partial charge in [-0.1, -0.05) is 37.2 Å². The van der Waals surface area contributed by atoms with E-state index >= 15 is 0 Å². The van der Waals surface area contributed by atoms with Crippen molar-refractivity contribution in [3.63, 3.8) is 0 Å². The predicted octanol–water partition coefficient (Wildman–Crippen LogP) is 1.05. The zero-order chi connectivity index (χ0) is 14.7. The molecule has 2 rings (SSSR count). The van der Waals surface area contributed by atoms with Gasteiger partial charge in [0.1, 0.15) is 18.3 Å². The second kappa shape index (κ2) is 5.81. The van der Waals surface area contributed by atoms with Gasteiger partial charge in [0.2, 0.25) is 5.91 Å². The summed E-state index contributed by atoms with van der Waals surface area (Å²) in [6.07, 6.45) is 0. The molecule has 1 amide bonds. The van der Waals surface area contributed by atoms with E-state index < -0.39 is 6.04 Å². The molecule has 2 atom stereocenters. The molecule has 0 aliphatic carbocycles. The molecule has 0 saturated heterocycles. The molecule has 4 N–H and O–H groups in total. The lowest BCUT2D eigenvalue weighted by Crippen LogP contribution is -2.49. The summed E-state index contributed by atoms with van der Waals surface area (Å²) in [7, 11) is 0. The average Bonchev–Trinajstić information content (AvgIpc) is 2.87. The molecule has 1 heterocycles. The number of hydrogen-bond donors (Lipinski definition) is 3. The van der Waals surface area contributed by atoms with Crippen LogP contribution in [0.3, 0.4) is 0 Å². The first-order valence-electron chi connectivity index (χ1n) is 6.54. The Hall–Kier alpha value is -2.24. The van der Waals surface area contributed by atoms with Gasteiger partial charge in [-0.05, 0) is 12.0 Å². The molecule has 0 fully saturated rings. The van der Waals surface area contributed by atoms with Crippen molar-refractivity contribution in [1.29, 1.82) is 0 Å². The third-order valence-electron chi connectivity index (χ3n) is 3.41. The standard InChI is InChI=1S/C14H19N3O3/c1-8(2)12(13(15)17-19)16-14(18)10-7-20-11-6-4-3-5-9(10)11/h3-6,8,10,12,19H,7H2,1-2H3,(H2,15,17)(H,16,18). The fourth-order valence-electron chi connectivity index (χ4n) is 2.28. The van der Waals surface area contributed by atoms with Crippen molar-refractivity contribution in [3.8, 4) is 5.75 Å². The molecule has 6 heteroatoms. The van der Waals surface area contributed by atoms with Crippen LogP contribution in [0, 0.1) is 5.92 Å². The van der Waals surface area contributed by atoms with Crippen LogP contribution in [0.1, 0.15) is 25.3 Å². The van der Waals surface area contributed by atoms with E-state index in [0.29, 0.717) is 6.61 Å². The Morgan fingerprint density at radius 1 is 1.50 bits per heavy atom. The number of oxime groups is 1. The van der Waals surface area contributed by atoms with Crippen molar-refractivity contribution in [2.45, 2.75) is 25.8 Å². The summed E-state index contributed by atoms with van der Waals surface area (Å²) in [6, 6.07) is 6.95. The molecule has 0 radical (unpaired) electrons. The minimum absolute atomic E-state index is 0.000510. The Morgan fingerprint density at radius 3 is 2.85 bits per heavy atom. The van der Waals surface area contributed by atoms with E-state index in [4.69, 9.17) is 15.7 Å². The zero-order valence-corrected chi connectivity index (χ0v) is 11.5. The molecule has 0 aromatic heterocycles. The van der Waals surface area contributed by atoms with Gasteiger partial charge < -0.3 is 21.0 Å². The van der Waals surface area contributed by atoms with Crippen LogP contribution in [0.5, 0.6) is 5.75 Å². The summed E-state index contributed by atoms with van der Waals surface area (Å²) >= 11 is 0. The SMILES string of the molecule is CC(C)C(NC(=O)C1COc2ccccc21)C(N)=NO. The zero-order valence-electron chi connectivity index (χ0n) is 11.5. The first-order valence-corrected chi connectivity index (χ1v) is 6.54. The maximum atomic E-state index is 12.4. The van der Waals surface area contributed by atoms with Crippen LogP contribution in [-0.2, 0) is 4.79 Å². The molecule has 0 bridgehead atoms. The molecule has 1 aliphatic rings. The largest absolute Gasteiger partial charge is 0.492 e. The van der Waals surface area contributed by atoms with E-state index in [0.717, 1.165) is 11.3 Å². The Bertz CT molecular complexity index is 528. The lowest BCUT2D eigenvalue weighted by atomic mass is 9.98. The average molecular weight is 277 g/mol.